The lowest BCUT2D eigenvalue weighted by Gasteiger charge is -2.37. The van der Waals surface area contributed by atoms with Gasteiger partial charge in [0.15, 0.2) is 0 Å². The summed E-state index contributed by atoms with van der Waals surface area (Å²) in [5.74, 6) is -0.177. The van der Waals surface area contributed by atoms with Crippen LogP contribution in [-0.4, -0.2) is 55.0 Å². The Kier molecular flexibility index (Phi) is 8.10. The van der Waals surface area contributed by atoms with Gasteiger partial charge in [0.25, 0.3) is 0 Å². The molecule has 2 aliphatic heterocycles. The van der Waals surface area contributed by atoms with E-state index in [4.69, 9.17) is 9.47 Å². The first kappa shape index (κ1) is 23.4. The van der Waals surface area contributed by atoms with Gasteiger partial charge in [-0.2, -0.15) is 0 Å². The molecular weight excluding hydrogens is 420 g/mol. The van der Waals surface area contributed by atoms with E-state index in [0.29, 0.717) is 26.1 Å². The molecule has 176 valence electrons. The summed E-state index contributed by atoms with van der Waals surface area (Å²) in [5.41, 5.74) is 2.94. The van der Waals surface area contributed by atoms with Gasteiger partial charge in [0.1, 0.15) is 6.10 Å². The normalized spacial score (nSPS) is 23.6. The van der Waals surface area contributed by atoms with E-state index in [1.54, 1.807) is 0 Å². The second kappa shape index (κ2) is 11.4. The number of anilines is 1. The van der Waals surface area contributed by atoms with Gasteiger partial charge in [-0.3, -0.25) is 9.59 Å². The van der Waals surface area contributed by atoms with Crippen LogP contribution in [-0.2, 0) is 19.1 Å². The maximum atomic E-state index is 12.6. The standard InChI is InChI=1S/C26H32N2O5/c29-17-24-23(28-26(31)20-12-14-32-15-13-20)11-10-22(33-24)16-25(30)27-21-8-6-19(7-9-21)18-4-2-1-3-5-18/h1-9,20,22-24,29H,10-17H2,(H,27,30)(H,28,31)/t22-,23-,24+/m0/s1. The van der Waals surface area contributed by atoms with Crippen molar-refractivity contribution < 1.29 is 24.2 Å². The Morgan fingerprint density at radius 3 is 2.30 bits per heavy atom. The topological polar surface area (TPSA) is 96.9 Å². The van der Waals surface area contributed by atoms with Gasteiger partial charge in [-0.25, -0.2) is 0 Å². The SMILES string of the molecule is O=C(C[C@@H]1CC[C@H](NC(=O)C2CCOCC2)[C@@H](CO)O1)Nc1ccc(-c2ccccc2)cc1. The molecule has 7 heteroatoms. The van der Waals surface area contributed by atoms with Crippen molar-refractivity contribution in [1.82, 2.24) is 5.32 Å². The molecule has 0 bridgehead atoms. The van der Waals surface area contributed by atoms with Gasteiger partial charge in [-0.1, -0.05) is 42.5 Å². The van der Waals surface area contributed by atoms with Gasteiger partial charge in [-0.15, -0.1) is 0 Å². The van der Waals surface area contributed by atoms with Crippen LogP contribution < -0.4 is 10.6 Å². The van der Waals surface area contributed by atoms with Crippen LogP contribution in [0.25, 0.3) is 11.1 Å². The second-order valence-corrected chi connectivity index (χ2v) is 8.75. The predicted octanol–water partition coefficient (Wildman–Crippen LogP) is 3.13. The van der Waals surface area contributed by atoms with E-state index in [2.05, 4.69) is 10.6 Å². The van der Waals surface area contributed by atoms with Crippen molar-refractivity contribution in [1.29, 1.82) is 0 Å². The number of benzene rings is 2. The molecule has 3 atom stereocenters. The second-order valence-electron chi connectivity index (χ2n) is 8.75. The third-order valence-corrected chi connectivity index (χ3v) is 6.40. The summed E-state index contributed by atoms with van der Waals surface area (Å²) in [4.78, 5) is 25.1. The smallest absolute Gasteiger partial charge is 0.226 e. The van der Waals surface area contributed by atoms with Gasteiger partial charge in [0.05, 0.1) is 25.2 Å². The lowest BCUT2D eigenvalue weighted by Crippen LogP contribution is -2.52. The molecule has 7 nitrogen and oxygen atoms in total. The molecule has 0 spiro atoms. The number of aliphatic hydroxyl groups excluding tert-OH is 1. The van der Waals surface area contributed by atoms with Crippen molar-refractivity contribution in [3.8, 4) is 11.1 Å². The number of amides is 2. The summed E-state index contributed by atoms with van der Waals surface area (Å²) in [7, 11) is 0. The van der Waals surface area contributed by atoms with Crippen LogP contribution in [0, 0.1) is 5.92 Å². The molecule has 0 unspecified atom stereocenters. The van der Waals surface area contributed by atoms with E-state index in [1.807, 2.05) is 54.6 Å². The van der Waals surface area contributed by atoms with E-state index >= 15 is 0 Å². The molecule has 4 rings (SSSR count). The average molecular weight is 453 g/mol. The fraction of sp³-hybridized carbons (Fsp3) is 0.462. The molecule has 0 aliphatic carbocycles. The number of carbonyl (C=O) groups is 2. The Labute approximate surface area is 194 Å². The average Bonchev–Trinajstić information content (AvgIpc) is 2.86. The maximum absolute atomic E-state index is 12.6. The van der Waals surface area contributed by atoms with E-state index in [0.717, 1.165) is 29.7 Å². The summed E-state index contributed by atoms with van der Waals surface area (Å²) < 4.78 is 11.3. The van der Waals surface area contributed by atoms with Crippen LogP contribution in [0.3, 0.4) is 0 Å². The van der Waals surface area contributed by atoms with Crippen LogP contribution >= 0.6 is 0 Å². The lowest BCUT2D eigenvalue weighted by atomic mass is 9.94. The predicted molar refractivity (Wildman–Crippen MR) is 126 cm³/mol. The van der Waals surface area contributed by atoms with Crippen molar-refractivity contribution in [2.75, 3.05) is 25.1 Å². The van der Waals surface area contributed by atoms with Gasteiger partial charge in [0.2, 0.25) is 11.8 Å². The largest absolute Gasteiger partial charge is 0.394 e. The van der Waals surface area contributed by atoms with Crippen LogP contribution in [0.4, 0.5) is 5.69 Å². The van der Waals surface area contributed by atoms with E-state index in [9.17, 15) is 14.7 Å². The minimum Gasteiger partial charge on any atom is -0.394 e. The first-order valence-electron chi connectivity index (χ1n) is 11.7. The number of hydrogen-bond donors (Lipinski definition) is 3. The molecule has 2 heterocycles. The monoisotopic (exact) mass is 452 g/mol. The van der Waals surface area contributed by atoms with Gasteiger partial charge >= 0.3 is 0 Å². The van der Waals surface area contributed by atoms with Gasteiger partial charge in [0, 0.05) is 24.8 Å². The number of hydrogen-bond acceptors (Lipinski definition) is 5. The minimum absolute atomic E-state index is 0.000456. The first-order chi connectivity index (χ1) is 16.1. The highest BCUT2D eigenvalue weighted by molar-refractivity contribution is 5.91. The Bertz CT molecular complexity index is 912. The van der Waals surface area contributed by atoms with Gasteiger partial charge < -0.3 is 25.2 Å². The molecule has 2 aliphatic rings. The molecule has 2 amide bonds. The number of ether oxygens (including phenoxy) is 2. The third kappa shape index (κ3) is 6.41. The lowest BCUT2D eigenvalue weighted by molar-refractivity contribution is -0.137. The molecule has 2 aromatic rings. The Hall–Kier alpha value is -2.74. The quantitative estimate of drug-likeness (QED) is 0.600. The fourth-order valence-electron chi connectivity index (χ4n) is 4.50. The minimum atomic E-state index is -0.509. The third-order valence-electron chi connectivity index (χ3n) is 6.40. The number of nitrogens with one attached hydrogen (secondary N) is 2. The number of aliphatic hydroxyl groups is 1. The van der Waals surface area contributed by atoms with Gasteiger partial charge in [-0.05, 0) is 48.9 Å². The highest BCUT2D eigenvalue weighted by Crippen LogP contribution is 2.25. The van der Waals surface area contributed by atoms with Crippen LogP contribution in [0.2, 0.25) is 0 Å². The molecule has 0 aromatic heterocycles. The van der Waals surface area contributed by atoms with Crippen molar-refractivity contribution in [3.05, 3.63) is 54.6 Å². The van der Waals surface area contributed by atoms with E-state index in [-0.39, 0.29) is 42.9 Å². The Morgan fingerprint density at radius 1 is 0.909 bits per heavy atom. The molecule has 2 aromatic carbocycles. The summed E-state index contributed by atoms with van der Waals surface area (Å²) in [5, 5.41) is 15.8. The fourth-order valence-corrected chi connectivity index (χ4v) is 4.50. The molecule has 0 saturated carbocycles. The van der Waals surface area contributed by atoms with Crippen LogP contribution in [0.1, 0.15) is 32.1 Å². The zero-order chi connectivity index (χ0) is 23.0. The zero-order valence-electron chi connectivity index (χ0n) is 18.7. The number of rotatable bonds is 7. The van der Waals surface area contributed by atoms with E-state index < -0.39 is 6.10 Å². The zero-order valence-corrected chi connectivity index (χ0v) is 18.7. The summed E-state index contributed by atoms with van der Waals surface area (Å²) in [6.07, 6.45) is 2.17. The summed E-state index contributed by atoms with van der Waals surface area (Å²) in [6, 6.07) is 17.6. The maximum Gasteiger partial charge on any atom is 0.226 e. The van der Waals surface area contributed by atoms with E-state index in [1.165, 1.54) is 0 Å². The van der Waals surface area contributed by atoms with Crippen LogP contribution in [0.5, 0.6) is 0 Å². The number of carbonyl (C=O) groups excluding carboxylic acids is 2. The highest BCUT2D eigenvalue weighted by Gasteiger charge is 2.34. The summed E-state index contributed by atoms with van der Waals surface area (Å²) >= 11 is 0. The molecule has 3 N–H and O–H groups in total. The highest BCUT2D eigenvalue weighted by atomic mass is 16.5. The molecule has 2 saturated heterocycles. The molecule has 2 fully saturated rings. The Balaban J connectivity index is 1.25. The van der Waals surface area contributed by atoms with Crippen molar-refractivity contribution in [3.63, 3.8) is 0 Å². The molecule has 33 heavy (non-hydrogen) atoms. The van der Waals surface area contributed by atoms with Crippen molar-refractivity contribution in [2.24, 2.45) is 5.92 Å². The van der Waals surface area contributed by atoms with Crippen molar-refractivity contribution in [2.45, 2.75) is 50.4 Å². The van der Waals surface area contributed by atoms with Crippen molar-refractivity contribution >= 4 is 17.5 Å². The van der Waals surface area contributed by atoms with Crippen LogP contribution in [0.15, 0.2) is 54.6 Å². The molecule has 0 radical (unpaired) electrons. The first-order valence-corrected chi connectivity index (χ1v) is 11.7. The summed E-state index contributed by atoms with van der Waals surface area (Å²) in [6.45, 7) is 1.02. The molecular formula is C26H32N2O5. The Morgan fingerprint density at radius 2 is 1.61 bits per heavy atom.